The third-order valence-corrected chi connectivity index (χ3v) is 2.33. The van der Waals surface area contributed by atoms with Crippen LogP contribution in [0.25, 0.3) is 0 Å². The van der Waals surface area contributed by atoms with Crippen LogP contribution in [0.2, 0.25) is 0 Å². The van der Waals surface area contributed by atoms with E-state index in [9.17, 15) is 14.2 Å². The van der Waals surface area contributed by atoms with Gasteiger partial charge in [-0.25, -0.2) is 4.79 Å². The number of aromatic amines is 1. The maximum absolute atomic E-state index is 11.2. The van der Waals surface area contributed by atoms with E-state index >= 15 is 0 Å². The predicted octanol–water partition coefficient (Wildman–Crippen LogP) is -0.382. The van der Waals surface area contributed by atoms with Crippen molar-refractivity contribution in [2.24, 2.45) is 0 Å². The average molecular weight is 246 g/mol. The Balaban J connectivity index is 2.63. The second-order valence-corrected chi connectivity index (χ2v) is 4.54. The molecule has 0 radical (unpaired) electrons. The number of allylic oxidation sites excluding steroid dienone is 1. The molecule has 0 aliphatic rings. The van der Waals surface area contributed by atoms with Gasteiger partial charge in [0, 0.05) is 24.6 Å². The lowest BCUT2D eigenvalue weighted by atomic mass is 10.4. The quantitative estimate of drug-likeness (QED) is 0.627. The molecule has 0 atom stereocenters. The highest BCUT2D eigenvalue weighted by Crippen LogP contribution is 2.35. The van der Waals surface area contributed by atoms with Crippen molar-refractivity contribution in [2.45, 2.75) is 13.0 Å². The standard InChI is InChI=1S/C8H11N2O5P/c11-7-3-5-10(8(12)9-7)4-1-2-6-16(13,14)15/h2-3,5-6H,1,4H2,(H,9,11,12)(H2,13,14,15)/b6-2+. The second-order valence-electron chi connectivity index (χ2n) is 3.07. The van der Waals surface area contributed by atoms with Crippen molar-refractivity contribution < 1.29 is 14.4 Å². The summed E-state index contributed by atoms with van der Waals surface area (Å²) in [6.07, 6.45) is 2.90. The number of hydrogen-bond donors (Lipinski definition) is 3. The Kier molecular flexibility index (Phi) is 4.00. The van der Waals surface area contributed by atoms with E-state index in [-0.39, 0.29) is 13.0 Å². The zero-order valence-corrected chi connectivity index (χ0v) is 9.13. The number of hydrogen-bond acceptors (Lipinski definition) is 3. The van der Waals surface area contributed by atoms with Gasteiger partial charge in [0.1, 0.15) is 0 Å². The lowest BCUT2D eigenvalue weighted by Crippen LogP contribution is -2.28. The number of H-pyrrole nitrogens is 1. The van der Waals surface area contributed by atoms with E-state index in [1.807, 2.05) is 0 Å². The van der Waals surface area contributed by atoms with Gasteiger partial charge in [-0.3, -0.25) is 14.3 Å². The highest BCUT2D eigenvalue weighted by molar-refractivity contribution is 7.55. The zero-order valence-electron chi connectivity index (χ0n) is 8.24. The van der Waals surface area contributed by atoms with Gasteiger partial charge in [-0.1, -0.05) is 6.08 Å². The molecular weight excluding hydrogens is 235 g/mol. The molecule has 0 spiro atoms. The van der Waals surface area contributed by atoms with Gasteiger partial charge in [-0.15, -0.1) is 0 Å². The molecule has 1 aromatic rings. The minimum absolute atomic E-state index is 0.242. The molecule has 0 amide bonds. The Morgan fingerprint density at radius 2 is 2.12 bits per heavy atom. The Morgan fingerprint density at radius 1 is 1.44 bits per heavy atom. The number of nitrogens with zero attached hydrogens (tertiary/aromatic N) is 1. The van der Waals surface area contributed by atoms with Gasteiger partial charge < -0.3 is 14.4 Å². The summed E-state index contributed by atoms with van der Waals surface area (Å²) in [6.45, 7) is 0.242. The van der Waals surface area contributed by atoms with E-state index in [0.29, 0.717) is 0 Å². The van der Waals surface area contributed by atoms with Gasteiger partial charge in [0.05, 0.1) is 0 Å². The largest absolute Gasteiger partial charge is 0.348 e. The van der Waals surface area contributed by atoms with Crippen LogP contribution in [0.5, 0.6) is 0 Å². The molecule has 0 saturated carbocycles. The predicted molar refractivity (Wildman–Crippen MR) is 57.1 cm³/mol. The Hall–Kier alpha value is -1.43. The topological polar surface area (TPSA) is 112 Å². The van der Waals surface area contributed by atoms with Crippen LogP contribution in [0.1, 0.15) is 6.42 Å². The van der Waals surface area contributed by atoms with Crippen LogP contribution in [0.4, 0.5) is 0 Å². The van der Waals surface area contributed by atoms with E-state index < -0.39 is 18.8 Å². The van der Waals surface area contributed by atoms with Crippen LogP contribution < -0.4 is 11.2 Å². The van der Waals surface area contributed by atoms with Crippen molar-refractivity contribution in [3.63, 3.8) is 0 Å². The average Bonchev–Trinajstić information content (AvgIpc) is 2.13. The molecule has 0 unspecified atom stereocenters. The van der Waals surface area contributed by atoms with Crippen molar-refractivity contribution in [3.8, 4) is 0 Å². The SMILES string of the molecule is O=c1ccn(CC/C=C/P(=O)(O)O)c(=O)[nH]1. The number of rotatable bonds is 4. The summed E-state index contributed by atoms with van der Waals surface area (Å²) in [7, 11) is -4.13. The van der Waals surface area contributed by atoms with Crippen LogP contribution in [-0.4, -0.2) is 19.3 Å². The van der Waals surface area contributed by atoms with Crippen LogP contribution in [0.3, 0.4) is 0 Å². The van der Waals surface area contributed by atoms with Gasteiger partial charge in [0.25, 0.3) is 5.56 Å². The first kappa shape index (κ1) is 12.6. The molecular formula is C8H11N2O5P. The van der Waals surface area contributed by atoms with Gasteiger partial charge in [-0.05, 0) is 6.42 Å². The first-order valence-electron chi connectivity index (χ1n) is 4.41. The number of aryl methyl sites for hydroxylation is 1. The molecule has 0 aliphatic carbocycles. The van der Waals surface area contributed by atoms with Crippen LogP contribution in [-0.2, 0) is 11.1 Å². The third-order valence-electron chi connectivity index (χ3n) is 1.73. The van der Waals surface area contributed by atoms with Crippen molar-refractivity contribution in [3.05, 3.63) is 45.0 Å². The van der Waals surface area contributed by atoms with Gasteiger partial charge in [0.2, 0.25) is 0 Å². The summed E-state index contributed by atoms with van der Waals surface area (Å²) in [4.78, 5) is 41.0. The molecule has 0 aliphatic heterocycles. The summed E-state index contributed by atoms with van der Waals surface area (Å²) in [5, 5.41) is 0. The molecule has 0 fully saturated rings. The second kappa shape index (κ2) is 5.07. The first-order valence-corrected chi connectivity index (χ1v) is 6.09. The normalized spacial score (nSPS) is 12.1. The van der Waals surface area contributed by atoms with Crippen LogP contribution >= 0.6 is 7.60 Å². The molecule has 1 heterocycles. The van der Waals surface area contributed by atoms with Crippen molar-refractivity contribution >= 4 is 7.60 Å². The van der Waals surface area contributed by atoms with E-state index in [4.69, 9.17) is 9.79 Å². The molecule has 16 heavy (non-hydrogen) atoms. The van der Waals surface area contributed by atoms with Crippen molar-refractivity contribution in [2.75, 3.05) is 0 Å². The molecule has 0 saturated heterocycles. The maximum Gasteiger partial charge on any atom is 0.348 e. The third kappa shape index (κ3) is 4.39. The monoisotopic (exact) mass is 246 g/mol. The summed E-state index contributed by atoms with van der Waals surface area (Å²) < 4.78 is 11.7. The fraction of sp³-hybridized carbons (Fsp3) is 0.250. The Labute approximate surface area is 90.2 Å². The summed E-state index contributed by atoms with van der Waals surface area (Å²) in [5.74, 6) is 0.781. The van der Waals surface area contributed by atoms with Crippen LogP contribution in [0.15, 0.2) is 33.7 Å². The Bertz CT molecular complexity index is 538. The van der Waals surface area contributed by atoms with Crippen molar-refractivity contribution in [1.82, 2.24) is 9.55 Å². The van der Waals surface area contributed by atoms with E-state index in [2.05, 4.69) is 4.98 Å². The summed E-state index contributed by atoms with van der Waals surface area (Å²) in [5.41, 5.74) is -1.02. The molecule has 3 N–H and O–H groups in total. The fourth-order valence-electron chi connectivity index (χ4n) is 1.05. The van der Waals surface area contributed by atoms with Crippen LogP contribution in [0, 0.1) is 0 Å². The Morgan fingerprint density at radius 3 is 2.69 bits per heavy atom. The summed E-state index contributed by atoms with van der Waals surface area (Å²) in [6, 6.07) is 1.20. The zero-order chi connectivity index (χ0) is 12.2. The molecule has 88 valence electrons. The van der Waals surface area contributed by atoms with E-state index in [0.717, 1.165) is 5.82 Å². The molecule has 0 bridgehead atoms. The minimum atomic E-state index is -4.13. The first-order chi connectivity index (χ1) is 7.38. The number of aromatic nitrogens is 2. The minimum Gasteiger partial charge on any atom is -0.321 e. The van der Waals surface area contributed by atoms with Gasteiger partial charge >= 0.3 is 13.3 Å². The van der Waals surface area contributed by atoms with Crippen molar-refractivity contribution in [1.29, 1.82) is 0 Å². The van der Waals surface area contributed by atoms with Gasteiger partial charge in [0.15, 0.2) is 0 Å². The van der Waals surface area contributed by atoms with Gasteiger partial charge in [-0.2, -0.15) is 0 Å². The molecule has 0 aromatic carbocycles. The molecule has 7 nitrogen and oxygen atoms in total. The highest BCUT2D eigenvalue weighted by Gasteiger charge is 2.04. The molecule has 1 rings (SSSR count). The smallest absolute Gasteiger partial charge is 0.321 e. The summed E-state index contributed by atoms with van der Waals surface area (Å²) >= 11 is 0. The maximum atomic E-state index is 11.2. The number of nitrogens with one attached hydrogen (secondary N) is 1. The fourth-order valence-corrected chi connectivity index (χ4v) is 1.47. The van der Waals surface area contributed by atoms with E-state index in [1.54, 1.807) is 0 Å². The highest BCUT2D eigenvalue weighted by atomic mass is 31.2. The van der Waals surface area contributed by atoms with E-state index in [1.165, 1.54) is 22.9 Å². The lowest BCUT2D eigenvalue weighted by molar-refractivity contribution is 0.386. The molecule has 1 aromatic heterocycles. The lowest BCUT2D eigenvalue weighted by Gasteiger charge is -2.01. The molecule has 8 heteroatoms.